The fourth-order valence-electron chi connectivity index (χ4n) is 2.80. The molecule has 0 aliphatic carbocycles. The second-order valence-electron chi connectivity index (χ2n) is 6.19. The third kappa shape index (κ3) is 3.48. The van der Waals surface area contributed by atoms with E-state index in [2.05, 4.69) is 41.7 Å². The van der Waals surface area contributed by atoms with Crippen LogP contribution in [0.3, 0.4) is 0 Å². The number of benzene rings is 2. The molecule has 1 unspecified atom stereocenters. The molecule has 3 aromatic rings. The van der Waals surface area contributed by atoms with Crippen LogP contribution in [-0.2, 0) is 17.6 Å². The minimum absolute atomic E-state index is 0.0386. The maximum absolute atomic E-state index is 12.4. The van der Waals surface area contributed by atoms with Crippen LogP contribution in [0.1, 0.15) is 42.3 Å². The zero-order valence-electron chi connectivity index (χ0n) is 14.3. The second kappa shape index (κ2) is 6.87. The molecule has 0 spiro atoms. The largest absolute Gasteiger partial charge is 0.356 e. The summed E-state index contributed by atoms with van der Waals surface area (Å²) in [4.78, 5) is 12.4. The number of amides is 1. The van der Waals surface area contributed by atoms with Crippen LogP contribution in [0.2, 0.25) is 0 Å². The average Bonchev–Trinajstić information content (AvgIpc) is 2.97. The highest BCUT2D eigenvalue weighted by molar-refractivity contribution is 5.86. The molecule has 3 rings (SSSR count). The minimum atomic E-state index is -0.0567. The molecule has 0 fully saturated rings. The van der Waals surface area contributed by atoms with Crippen molar-refractivity contribution in [2.24, 2.45) is 0 Å². The molecule has 1 amide bonds. The highest BCUT2D eigenvalue weighted by atomic mass is 16.5. The summed E-state index contributed by atoms with van der Waals surface area (Å²) in [7, 11) is 0. The van der Waals surface area contributed by atoms with Gasteiger partial charge in [0.1, 0.15) is 5.69 Å². The van der Waals surface area contributed by atoms with Gasteiger partial charge in [0.25, 0.3) is 0 Å². The van der Waals surface area contributed by atoms with E-state index in [1.807, 2.05) is 32.0 Å². The van der Waals surface area contributed by atoms with Crippen LogP contribution in [0.5, 0.6) is 0 Å². The zero-order valence-corrected chi connectivity index (χ0v) is 14.3. The number of hydrogen-bond acceptors (Lipinski definition) is 3. The number of nitrogens with zero attached hydrogens (tertiary/aromatic N) is 1. The van der Waals surface area contributed by atoms with E-state index in [4.69, 9.17) is 4.52 Å². The Hall–Kier alpha value is -2.62. The molecular weight excluding hydrogens is 300 g/mol. The molecule has 1 aromatic heterocycles. The van der Waals surface area contributed by atoms with Crippen LogP contribution >= 0.6 is 0 Å². The number of nitrogens with one attached hydrogen (secondary N) is 1. The van der Waals surface area contributed by atoms with Crippen LogP contribution in [0.15, 0.2) is 47.0 Å². The third-order valence-electron chi connectivity index (χ3n) is 4.29. The third-order valence-corrected chi connectivity index (χ3v) is 4.29. The number of carbonyl (C=O) groups excluding carboxylic acids is 1. The molecular formula is C20H22N2O2. The maximum Gasteiger partial charge on any atom is 0.226 e. The Morgan fingerprint density at radius 2 is 1.96 bits per heavy atom. The molecule has 0 saturated heterocycles. The van der Waals surface area contributed by atoms with E-state index in [1.54, 1.807) is 0 Å². The predicted molar refractivity (Wildman–Crippen MR) is 94.8 cm³/mol. The number of hydrogen-bond donors (Lipinski definition) is 1. The molecule has 124 valence electrons. The molecule has 0 aliphatic heterocycles. The van der Waals surface area contributed by atoms with E-state index in [-0.39, 0.29) is 18.4 Å². The van der Waals surface area contributed by atoms with Crippen LogP contribution in [0.4, 0.5) is 0 Å². The monoisotopic (exact) mass is 322 g/mol. The van der Waals surface area contributed by atoms with Gasteiger partial charge in [-0.15, -0.1) is 0 Å². The van der Waals surface area contributed by atoms with Crippen molar-refractivity contribution >= 4 is 16.9 Å². The van der Waals surface area contributed by atoms with E-state index in [1.165, 1.54) is 5.56 Å². The van der Waals surface area contributed by atoms with Crippen molar-refractivity contribution in [3.8, 4) is 0 Å². The molecule has 1 heterocycles. The quantitative estimate of drug-likeness (QED) is 0.769. The molecule has 1 atom stereocenters. The lowest BCUT2D eigenvalue weighted by Gasteiger charge is -2.14. The van der Waals surface area contributed by atoms with Gasteiger partial charge in [-0.1, -0.05) is 48.0 Å². The average molecular weight is 322 g/mol. The SMILES string of the molecule is CCc1ccc(C(C)NC(=O)Cc2noc3ccc(C)cc23)cc1. The van der Waals surface area contributed by atoms with Gasteiger partial charge in [0.2, 0.25) is 5.91 Å². The second-order valence-corrected chi connectivity index (χ2v) is 6.19. The molecule has 0 radical (unpaired) electrons. The molecule has 4 heteroatoms. The Balaban J connectivity index is 1.68. The Morgan fingerprint density at radius 1 is 1.21 bits per heavy atom. The summed E-state index contributed by atoms with van der Waals surface area (Å²) < 4.78 is 5.29. The van der Waals surface area contributed by atoms with Crippen molar-refractivity contribution in [2.75, 3.05) is 0 Å². The van der Waals surface area contributed by atoms with Crippen molar-refractivity contribution in [1.82, 2.24) is 10.5 Å². The van der Waals surface area contributed by atoms with Crippen LogP contribution in [-0.4, -0.2) is 11.1 Å². The van der Waals surface area contributed by atoms with Gasteiger partial charge in [-0.25, -0.2) is 0 Å². The van der Waals surface area contributed by atoms with Crippen molar-refractivity contribution in [1.29, 1.82) is 0 Å². The molecule has 24 heavy (non-hydrogen) atoms. The number of aryl methyl sites for hydroxylation is 2. The minimum Gasteiger partial charge on any atom is -0.356 e. The number of rotatable bonds is 5. The normalized spacial score (nSPS) is 12.3. The number of aromatic nitrogens is 1. The van der Waals surface area contributed by atoms with Gasteiger partial charge < -0.3 is 9.84 Å². The van der Waals surface area contributed by atoms with Crippen molar-refractivity contribution in [2.45, 2.75) is 39.7 Å². The van der Waals surface area contributed by atoms with Crippen LogP contribution < -0.4 is 5.32 Å². The first-order chi connectivity index (χ1) is 11.6. The Morgan fingerprint density at radius 3 is 2.67 bits per heavy atom. The molecule has 0 saturated carbocycles. The van der Waals surface area contributed by atoms with Gasteiger partial charge >= 0.3 is 0 Å². The molecule has 1 N–H and O–H groups in total. The topological polar surface area (TPSA) is 55.1 Å². The summed E-state index contributed by atoms with van der Waals surface area (Å²) in [6.07, 6.45) is 1.23. The first-order valence-electron chi connectivity index (χ1n) is 8.30. The summed E-state index contributed by atoms with van der Waals surface area (Å²) in [6, 6.07) is 14.2. The first kappa shape index (κ1) is 16.2. The van der Waals surface area contributed by atoms with E-state index >= 15 is 0 Å². The summed E-state index contributed by atoms with van der Waals surface area (Å²) in [5.74, 6) is -0.0567. The smallest absolute Gasteiger partial charge is 0.226 e. The van der Waals surface area contributed by atoms with Gasteiger partial charge in [-0.3, -0.25) is 4.79 Å². The molecule has 2 aromatic carbocycles. The zero-order chi connectivity index (χ0) is 17.1. The fourth-order valence-corrected chi connectivity index (χ4v) is 2.80. The Kier molecular flexibility index (Phi) is 4.65. The Labute approximate surface area is 141 Å². The van der Waals surface area contributed by atoms with Crippen molar-refractivity contribution in [3.05, 3.63) is 64.8 Å². The summed E-state index contributed by atoms with van der Waals surface area (Å²) in [5, 5.41) is 7.98. The van der Waals surface area contributed by atoms with Gasteiger partial charge in [0.05, 0.1) is 12.5 Å². The van der Waals surface area contributed by atoms with Gasteiger partial charge in [0.15, 0.2) is 5.58 Å². The van der Waals surface area contributed by atoms with Gasteiger partial charge in [0, 0.05) is 5.39 Å². The van der Waals surface area contributed by atoms with Crippen LogP contribution in [0.25, 0.3) is 11.0 Å². The highest BCUT2D eigenvalue weighted by Gasteiger charge is 2.15. The summed E-state index contributed by atoms with van der Waals surface area (Å²) in [6.45, 7) is 6.13. The van der Waals surface area contributed by atoms with Gasteiger partial charge in [-0.2, -0.15) is 0 Å². The van der Waals surface area contributed by atoms with E-state index in [0.717, 1.165) is 22.9 Å². The molecule has 0 bridgehead atoms. The van der Waals surface area contributed by atoms with E-state index < -0.39 is 0 Å². The lowest BCUT2D eigenvalue weighted by molar-refractivity contribution is -0.121. The maximum atomic E-state index is 12.4. The van der Waals surface area contributed by atoms with E-state index in [9.17, 15) is 4.79 Å². The van der Waals surface area contributed by atoms with Crippen molar-refractivity contribution in [3.63, 3.8) is 0 Å². The van der Waals surface area contributed by atoms with Crippen LogP contribution in [0, 0.1) is 6.92 Å². The highest BCUT2D eigenvalue weighted by Crippen LogP contribution is 2.21. The lowest BCUT2D eigenvalue weighted by Crippen LogP contribution is -2.28. The standard InChI is InChI=1S/C20H22N2O2/c1-4-15-6-8-16(9-7-15)14(3)21-20(23)12-18-17-11-13(2)5-10-19(17)24-22-18/h5-11,14H,4,12H2,1-3H3,(H,21,23). The number of carbonyl (C=O) groups is 1. The first-order valence-corrected chi connectivity index (χ1v) is 8.30. The molecule has 0 aliphatic rings. The van der Waals surface area contributed by atoms with Crippen molar-refractivity contribution < 1.29 is 9.32 Å². The number of fused-ring (bicyclic) bond motifs is 1. The summed E-state index contributed by atoms with van der Waals surface area (Å²) in [5.41, 5.74) is 4.91. The molecule has 4 nitrogen and oxygen atoms in total. The van der Waals surface area contributed by atoms with E-state index in [0.29, 0.717) is 11.3 Å². The predicted octanol–water partition coefficient (Wildman–Crippen LogP) is 4.12. The Bertz CT molecular complexity index is 850. The summed E-state index contributed by atoms with van der Waals surface area (Å²) >= 11 is 0. The fraction of sp³-hybridized carbons (Fsp3) is 0.300. The van der Waals surface area contributed by atoms with Gasteiger partial charge in [-0.05, 0) is 43.5 Å². The lowest BCUT2D eigenvalue weighted by atomic mass is 10.0.